The van der Waals surface area contributed by atoms with E-state index < -0.39 is 6.03 Å². The van der Waals surface area contributed by atoms with Gasteiger partial charge in [0.15, 0.2) is 5.78 Å². The minimum atomic E-state index is -0.427. The first-order valence-corrected chi connectivity index (χ1v) is 8.31. The summed E-state index contributed by atoms with van der Waals surface area (Å²) in [5.74, 6) is -0.438. The van der Waals surface area contributed by atoms with Crippen LogP contribution in [-0.2, 0) is 0 Å². The Morgan fingerprint density at radius 2 is 1.30 bits per heavy atom. The summed E-state index contributed by atoms with van der Waals surface area (Å²) < 4.78 is 12.9. The summed E-state index contributed by atoms with van der Waals surface area (Å²) in [6.07, 6.45) is 3.23. The third kappa shape index (κ3) is 5.37. The molecular weight excluding hydrogens is 343 g/mol. The van der Waals surface area contributed by atoms with Crippen molar-refractivity contribution in [3.05, 3.63) is 102 Å². The smallest absolute Gasteiger partial charge is 0.308 e. The molecule has 0 aliphatic carbocycles. The lowest BCUT2D eigenvalue weighted by Gasteiger charge is -2.07. The summed E-state index contributed by atoms with van der Waals surface area (Å²) in [4.78, 5) is 24.0. The first-order chi connectivity index (χ1) is 13.1. The largest absolute Gasteiger partial charge is 0.323 e. The predicted octanol–water partition coefficient (Wildman–Crippen LogP) is 5.37. The number of carbonyl (C=O) groups is 2. The molecule has 4 nitrogen and oxygen atoms in total. The zero-order valence-corrected chi connectivity index (χ0v) is 14.4. The molecule has 0 bridgehead atoms. The molecule has 5 heteroatoms. The van der Waals surface area contributed by atoms with Crippen LogP contribution in [0.3, 0.4) is 0 Å². The first-order valence-electron chi connectivity index (χ1n) is 8.31. The standard InChI is InChI=1S/C22H17FN2O2/c23-18-9-13-20(14-10-18)25-22(27)24-19-11-6-16(7-12-19)8-15-21(26)17-4-2-1-3-5-17/h1-15H,(H2,24,25,27)/b15-8+. The number of hydrogen-bond acceptors (Lipinski definition) is 2. The Bertz CT molecular complexity index is 950. The molecular formula is C22H17FN2O2. The van der Waals surface area contributed by atoms with E-state index >= 15 is 0 Å². The van der Waals surface area contributed by atoms with E-state index in [1.807, 2.05) is 18.2 Å². The lowest BCUT2D eigenvalue weighted by molar-refractivity contribution is 0.104. The summed E-state index contributed by atoms with van der Waals surface area (Å²) in [7, 11) is 0. The average molecular weight is 360 g/mol. The molecule has 0 saturated carbocycles. The van der Waals surface area contributed by atoms with E-state index in [2.05, 4.69) is 10.6 Å². The van der Waals surface area contributed by atoms with Crippen LogP contribution in [0, 0.1) is 5.82 Å². The number of carbonyl (C=O) groups excluding carboxylic acids is 2. The Hall–Kier alpha value is -3.73. The van der Waals surface area contributed by atoms with Crippen molar-refractivity contribution >= 4 is 29.3 Å². The van der Waals surface area contributed by atoms with Crippen LogP contribution >= 0.6 is 0 Å². The fourth-order valence-electron chi connectivity index (χ4n) is 2.37. The lowest BCUT2D eigenvalue weighted by Crippen LogP contribution is -2.19. The van der Waals surface area contributed by atoms with Crippen LogP contribution in [-0.4, -0.2) is 11.8 Å². The topological polar surface area (TPSA) is 58.2 Å². The predicted molar refractivity (Wildman–Crippen MR) is 105 cm³/mol. The van der Waals surface area contributed by atoms with Gasteiger partial charge in [0.1, 0.15) is 5.82 Å². The van der Waals surface area contributed by atoms with E-state index in [0.717, 1.165) is 5.56 Å². The molecule has 3 rings (SSSR count). The molecule has 27 heavy (non-hydrogen) atoms. The van der Waals surface area contributed by atoms with Crippen LogP contribution in [0.4, 0.5) is 20.6 Å². The second kappa shape index (κ2) is 8.58. The van der Waals surface area contributed by atoms with E-state index in [9.17, 15) is 14.0 Å². The highest BCUT2D eigenvalue weighted by atomic mass is 19.1. The minimum Gasteiger partial charge on any atom is -0.308 e. The maximum atomic E-state index is 12.9. The second-order valence-electron chi connectivity index (χ2n) is 5.77. The molecule has 3 aromatic carbocycles. The maximum Gasteiger partial charge on any atom is 0.323 e. The quantitative estimate of drug-likeness (QED) is 0.475. The van der Waals surface area contributed by atoms with Crippen molar-refractivity contribution < 1.29 is 14.0 Å². The maximum absolute atomic E-state index is 12.9. The Morgan fingerprint density at radius 3 is 1.89 bits per heavy atom. The summed E-state index contributed by atoms with van der Waals surface area (Å²) >= 11 is 0. The van der Waals surface area contributed by atoms with Crippen molar-refractivity contribution in [1.29, 1.82) is 0 Å². The molecule has 0 spiro atoms. The Morgan fingerprint density at radius 1 is 0.741 bits per heavy atom. The number of nitrogens with one attached hydrogen (secondary N) is 2. The zero-order valence-electron chi connectivity index (χ0n) is 14.4. The molecule has 0 aromatic heterocycles. The highest BCUT2D eigenvalue weighted by Crippen LogP contribution is 2.13. The molecule has 134 valence electrons. The normalized spacial score (nSPS) is 10.6. The molecule has 0 aliphatic heterocycles. The van der Waals surface area contributed by atoms with Gasteiger partial charge >= 0.3 is 6.03 Å². The molecule has 0 saturated heterocycles. The van der Waals surface area contributed by atoms with Gasteiger partial charge in [0.05, 0.1) is 0 Å². The van der Waals surface area contributed by atoms with Crippen molar-refractivity contribution in [3.63, 3.8) is 0 Å². The third-order valence-corrected chi connectivity index (χ3v) is 3.76. The Labute approximate surface area is 156 Å². The molecule has 0 atom stereocenters. The number of allylic oxidation sites excluding steroid dienone is 1. The molecule has 0 aliphatic rings. The van der Waals surface area contributed by atoms with Gasteiger partial charge in [0.2, 0.25) is 0 Å². The lowest BCUT2D eigenvalue weighted by atomic mass is 10.1. The SMILES string of the molecule is O=C(Nc1ccc(F)cc1)Nc1ccc(/C=C/C(=O)c2ccccc2)cc1. The van der Waals surface area contributed by atoms with E-state index in [4.69, 9.17) is 0 Å². The van der Waals surface area contributed by atoms with Crippen molar-refractivity contribution in [2.75, 3.05) is 10.6 Å². The summed E-state index contributed by atoms with van der Waals surface area (Å²) in [6.45, 7) is 0. The van der Waals surface area contributed by atoms with Crippen LogP contribution in [0.1, 0.15) is 15.9 Å². The van der Waals surface area contributed by atoms with Crippen molar-refractivity contribution in [2.45, 2.75) is 0 Å². The Balaban J connectivity index is 1.56. The van der Waals surface area contributed by atoms with E-state index in [-0.39, 0.29) is 11.6 Å². The number of ketones is 1. The number of anilines is 2. The van der Waals surface area contributed by atoms with Crippen molar-refractivity contribution in [3.8, 4) is 0 Å². The van der Waals surface area contributed by atoms with Gasteiger partial charge in [0, 0.05) is 16.9 Å². The third-order valence-electron chi connectivity index (χ3n) is 3.76. The number of amides is 2. The number of halogens is 1. The summed E-state index contributed by atoms with van der Waals surface area (Å²) in [6, 6.07) is 21.1. The summed E-state index contributed by atoms with van der Waals surface area (Å²) in [5.41, 5.74) is 2.56. The molecule has 2 amide bonds. The Kier molecular flexibility index (Phi) is 5.74. The van der Waals surface area contributed by atoms with Gasteiger partial charge in [-0.05, 0) is 48.0 Å². The zero-order chi connectivity index (χ0) is 19.1. The molecule has 0 heterocycles. The number of benzene rings is 3. The number of rotatable bonds is 5. The van der Waals surface area contributed by atoms with Crippen LogP contribution in [0.15, 0.2) is 84.9 Å². The van der Waals surface area contributed by atoms with Crippen LogP contribution < -0.4 is 10.6 Å². The summed E-state index contributed by atoms with van der Waals surface area (Å²) in [5, 5.41) is 5.30. The monoisotopic (exact) mass is 360 g/mol. The van der Waals surface area contributed by atoms with Gasteiger partial charge in [-0.15, -0.1) is 0 Å². The van der Waals surface area contributed by atoms with E-state index in [0.29, 0.717) is 16.9 Å². The fourth-order valence-corrected chi connectivity index (χ4v) is 2.37. The van der Waals surface area contributed by atoms with Gasteiger partial charge in [0.25, 0.3) is 0 Å². The molecule has 0 unspecified atom stereocenters. The van der Waals surface area contributed by atoms with E-state index in [1.165, 1.54) is 30.3 Å². The van der Waals surface area contributed by atoms with Gasteiger partial charge in [-0.25, -0.2) is 9.18 Å². The van der Waals surface area contributed by atoms with Crippen LogP contribution in [0.25, 0.3) is 6.08 Å². The second-order valence-corrected chi connectivity index (χ2v) is 5.77. The van der Waals surface area contributed by atoms with Crippen molar-refractivity contribution in [2.24, 2.45) is 0 Å². The fraction of sp³-hybridized carbons (Fsp3) is 0. The van der Waals surface area contributed by atoms with Gasteiger partial charge in [-0.3, -0.25) is 4.79 Å². The van der Waals surface area contributed by atoms with Gasteiger partial charge in [-0.1, -0.05) is 48.5 Å². The number of urea groups is 1. The molecule has 0 radical (unpaired) electrons. The first kappa shape index (κ1) is 18.1. The van der Waals surface area contributed by atoms with Crippen molar-refractivity contribution in [1.82, 2.24) is 0 Å². The number of hydrogen-bond donors (Lipinski definition) is 2. The van der Waals surface area contributed by atoms with Crippen LogP contribution in [0.5, 0.6) is 0 Å². The highest BCUT2D eigenvalue weighted by molar-refractivity contribution is 6.06. The van der Waals surface area contributed by atoms with Gasteiger partial charge in [-0.2, -0.15) is 0 Å². The highest BCUT2D eigenvalue weighted by Gasteiger charge is 2.03. The average Bonchev–Trinajstić information content (AvgIpc) is 2.69. The van der Waals surface area contributed by atoms with E-state index in [1.54, 1.807) is 42.5 Å². The molecule has 0 fully saturated rings. The molecule has 3 aromatic rings. The molecule has 2 N–H and O–H groups in total. The van der Waals surface area contributed by atoms with Crippen LogP contribution in [0.2, 0.25) is 0 Å². The minimum absolute atomic E-state index is 0.0727. The van der Waals surface area contributed by atoms with Gasteiger partial charge < -0.3 is 10.6 Å².